The largest absolute Gasteiger partial charge is 0.381 e. The highest BCUT2D eigenvalue weighted by molar-refractivity contribution is 4.75. The van der Waals surface area contributed by atoms with E-state index in [-0.39, 0.29) is 0 Å². The van der Waals surface area contributed by atoms with Gasteiger partial charge in [0.1, 0.15) is 0 Å². The van der Waals surface area contributed by atoms with E-state index in [2.05, 4.69) is 0 Å². The van der Waals surface area contributed by atoms with Crippen LogP contribution in [-0.2, 0) is 4.74 Å². The molecule has 0 radical (unpaired) electrons. The van der Waals surface area contributed by atoms with Gasteiger partial charge in [0.15, 0.2) is 0 Å². The van der Waals surface area contributed by atoms with E-state index < -0.39 is 0 Å². The topological polar surface area (TPSA) is 9.23 Å². The molecule has 0 aromatic heterocycles. The SMILES string of the molecule is C1CCCC2COCCC2CC1. The van der Waals surface area contributed by atoms with Gasteiger partial charge in [0.25, 0.3) is 0 Å². The minimum absolute atomic E-state index is 0.916. The predicted molar refractivity (Wildman–Crippen MR) is 50.1 cm³/mol. The van der Waals surface area contributed by atoms with Crippen LogP contribution in [-0.4, -0.2) is 13.2 Å². The first kappa shape index (κ1) is 8.55. The predicted octanol–water partition coefficient (Wildman–Crippen LogP) is 2.99. The maximum Gasteiger partial charge on any atom is 0.0496 e. The minimum atomic E-state index is 0.916. The highest BCUT2D eigenvalue weighted by atomic mass is 16.5. The van der Waals surface area contributed by atoms with E-state index in [0.717, 1.165) is 25.0 Å². The van der Waals surface area contributed by atoms with Crippen LogP contribution in [0.4, 0.5) is 0 Å². The average Bonchev–Trinajstić information content (AvgIpc) is 2.06. The van der Waals surface area contributed by atoms with Crippen LogP contribution < -0.4 is 0 Å². The number of rotatable bonds is 0. The molecule has 0 aromatic rings. The van der Waals surface area contributed by atoms with Crippen molar-refractivity contribution in [3.63, 3.8) is 0 Å². The highest BCUT2D eigenvalue weighted by Gasteiger charge is 2.25. The summed E-state index contributed by atoms with van der Waals surface area (Å²) in [5.74, 6) is 1.93. The molecule has 0 amide bonds. The Balaban J connectivity index is 1.89. The molecule has 70 valence electrons. The maximum absolute atomic E-state index is 5.54. The van der Waals surface area contributed by atoms with Crippen LogP contribution in [0.25, 0.3) is 0 Å². The van der Waals surface area contributed by atoms with Crippen molar-refractivity contribution < 1.29 is 4.74 Å². The lowest BCUT2D eigenvalue weighted by Crippen LogP contribution is -2.28. The monoisotopic (exact) mass is 168 g/mol. The van der Waals surface area contributed by atoms with Gasteiger partial charge in [0.2, 0.25) is 0 Å². The van der Waals surface area contributed by atoms with Crippen molar-refractivity contribution in [2.75, 3.05) is 13.2 Å². The lowest BCUT2D eigenvalue weighted by Gasteiger charge is -2.33. The Kier molecular flexibility index (Phi) is 3.04. The van der Waals surface area contributed by atoms with E-state index in [4.69, 9.17) is 4.74 Å². The Hall–Kier alpha value is -0.0400. The zero-order valence-electron chi connectivity index (χ0n) is 7.93. The van der Waals surface area contributed by atoms with Gasteiger partial charge in [-0.15, -0.1) is 0 Å². The molecule has 0 bridgehead atoms. The Morgan fingerprint density at radius 1 is 0.750 bits per heavy atom. The van der Waals surface area contributed by atoms with Crippen molar-refractivity contribution >= 4 is 0 Å². The Labute approximate surface area is 75.5 Å². The molecular weight excluding hydrogens is 148 g/mol. The van der Waals surface area contributed by atoms with Gasteiger partial charge in [-0.1, -0.05) is 32.1 Å². The van der Waals surface area contributed by atoms with Gasteiger partial charge in [-0.05, 0) is 24.7 Å². The number of fused-ring (bicyclic) bond motifs is 1. The van der Waals surface area contributed by atoms with Crippen molar-refractivity contribution in [3.8, 4) is 0 Å². The molecule has 1 saturated heterocycles. The molecule has 1 heteroatoms. The molecule has 2 unspecified atom stereocenters. The molecule has 12 heavy (non-hydrogen) atoms. The van der Waals surface area contributed by atoms with Crippen molar-refractivity contribution in [1.82, 2.24) is 0 Å². The van der Waals surface area contributed by atoms with E-state index >= 15 is 0 Å². The molecule has 1 aliphatic heterocycles. The Bertz CT molecular complexity index is 117. The van der Waals surface area contributed by atoms with Crippen LogP contribution in [0, 0.1) is 11.8 Å². The van der Waals surface area contributed by atoms with E-state index in [1.54, 1.807) is 0 Å². The van der Waals surface area contributed by atoms with Crippen molar-refractivity contribution in [2.24, 2.45) is 11.8 Å². The third-order valence-corrected chi connectivity index (χ3v) is 3.53. The van der Waals surface area contributed by atoms with E-state index in [9.17, 15) is 0 Å². The van der Waals surface area contributed by atoms with Crippen LogP contribution in [0.1, 0.15) is 44.9 Å². The highest BCUT2D eigenvalue weighted by Crippen LogP contribution is 2.32. The lowest BCUT2D eigenvalue weighted by atomic mass is 9.79. The van der Waals surface area contributed by atoms with E-state index in [1.807, 2.05) is 0 Å². The molecule has 0 spiro atoms. The standard InChI is InChI=1S/C11H20O/c1-2-4-6-11-9-12-8-7-10(11)5-3-1/h10-11H,1-9H2. The normalized spacial score (nSPS) is 38.0. The molecule has 1 heterocycles. The first-order chi connectivity index (χ1) is 5.97. The summed E-state index contributed by atoms with van der Waals surface area (Å²) in [5, 5.41) is 0. The molecule has 1 saturated carbocycles. The van der Waals surface area contributed by atoms with Gasteiger partial charge < -0.3 is 4.74 Å². The zero-order valence-corrected chi connectivity index (χ0v) is 7.93. The van der Waals surface area contributed by atoms with Gasteiger partial charge in [-0.3, -0.25) is 0 Å². The summed E-state index contributed by atoms with van der Waals surface area (Å²) in [5.41, 5.74) is 0. The maximum atomic E-state index is 5.54. The summed E-state index contributed by atoms with van der Waals surface area (Å²) in [6, 6.07) is 0. The average molecular weight is 168 g/mol. The third-order valence-electron chi connectivity index (χ3n) is 3.53. The fraction of sp³-hybridized carbons (Fsp3) is 1.00. The Morgan fingerprint density at radius 2 is 1.50 bits per heavy atom. The quantitative estimate of drug-likeness (QED) is 0.540. The minimum Gasteiger partial charge on any atom is -0.381 e. The van der Waals surface area contributed by atoms with Crippen LogP contribution in [0.2, 0.25) is 0 Å². The summed E-state index contributed by atoms with van der Waals surface area (Å²) in [4.78, 5) is 0. The second-order valence-electron chi connectivity index (χ2n) is 4.38. The summed E-state index contributed by atoms with van der Waals surface area (Å²) in [6.45, 7) is 2.09. The first-order valence-electron chi connectivity index (χ1n) is 5.54. The van der Waals surface area contributed by atoms with Crippen molar-refractivity contribution in [3.05, 3.63) is 0 Å². The van der Waals surface area contributed by atoms with Crippen LogP contribution >= 0.6 is 0 Å². The number of hydrogen-bond acceptors (Lipinski definition) is 1. The van der Waals surface area contributed by atoms with Gasteiger partial charge in [-0.25, -0.2) is 0 Å². The number of hydrogen-bond donors (Lipinski definition) is 0. The van der Waals surface area contributed by atoms with Gasteiger partial charge in [0, 0.05) is 13.2 Å². The van der Waals surface area contributed by atoms with Crippen LogP contribution in [0.5, 0.6) is 0 Å². The first-order valence-corrected chi connectivity index (χ1v) is 5.54. The molecule has 2 aliphatic rings. The van der Waals surface area contributed by atoms with E-state index in [0.29, 0.717) is 0 Å². The van der Waals surface area contributed by atoms with Gasteiger partial charge >= 0.3 is 0 Å². The summed E-state index contributed by atoms with van der Waals surface area (Å²) >= 11 is 0. The third kappa shape index (κ3) is 2.01. The number of ether oxygens (including phenoxy) is 1. The fourth-order valence-corrected chi connectivity index (χ4v) is 2.71. The Morgan fingerprint density at radius 3 is 2.33 bits per heavy atom. The fourth-order valence-electron chi connectivity index (χ4n) is 2.71. The van der Waals surface area contributed by atoms with Gasteiger partial charge in [-0.2, -0.15) is 0 Å². The van der Waals surface area contributed by atoms with Crippen LogP contribution in [0.15, 0.2) is 0 Å². The van der Waals surface area contributed by atoms with Crippen molar-refractivity contribution in [2.45, 2.75) is 44.9 Å². The zero-order chi connectivity index (χ0) is 8.23. The smallest absolute Gasteiger partial charge is 0.0496 e. The summed E-state index contributed by atoms with van der Waals surface area (Å²) in [7, 11) is 0. The molecular formula is C11H20O. The summed E-state index contributed by atoms with van der Waals surface area (Å²) < 4.78 is 5.54. The second-order valence-corrected chi connectivity index (χ2v) is 4.38. The summed E-state index contributed by atoms with van der Waals surface area (Å²) in [6.07, 6.45) is 10.1. The second kappa shape index (κ2) is 4.27. The van der Waals surface area contributed by atoms with Gasteiger partial charge in [0.05, 0.1) is 0 Å². The molecule has 1 aliphatic carbocycles. The lowest BCUT2D eigenvalue weighted by molar-refractivity contribution is 0.00621. The molecule has 2 rings (SSSR count). The molecule has 2 atom stereocenters. The molecule has 0 N–H and O–H groups in total. The molecule has 2 fully saturated rings. The van der Waals surface area contributed by atoms with Crippen molar-refractivity contribution in [1.29, 1.82) is 0 Å². The van der Waals surface area contributed by atoms with Crippen LogP contribution in [0.3, 0.4) is 0 Å². The van der Waals surface area contributed by atoms with E-state index in [1.165, 1.54) is 44.9 Å². The molecule has 1 nitrogen and oxygen atoms in total. The molecule has 0 aromatic carbocycles.